The first-order chi connectivity index (χ1) is 19.8. The number of benzene rings is 1. The summed E-state index contributed by atoms with van der Waals surface area (Å²) in [6.07, 6.45) is -1.94. The molecule has 4 aliphatic rings. The average molecular weight is 603 g/mol. The second kappa shape index (κ2) is 10.4. The number of piperazine rings is 1. The van der Waals surface area contributed by atoms with Crippen LogP contribution >= 0.6 is 23.1 Å². The molecule has 2 bridgehead atoms. The molecule has 2 atom stereocenters. The Morgan fingerprint density at radius 1 is 1.20 bits per heavy atom. The van der Waals surface area contributed by atoms with Gasteiger partial charge >= 0.3 is 6.18 Å². The van der Waals surface area contributed by atoms with E-state index in [9.17, 15) is 18.0 Å². The number of rotatable bonds is 6. The van der Waals surface area contributed by atoms with Crippen LogP contribution in [0.15, 0.2) is 35.4 Å². The van der Waals surface area contributed by atoms with Crippen molar-refractivity contribution in [2.24, 2.45) is 0 Å². The fourth-order valence-corrected chi connectivity index (χ4v) is 8.31. The van der Waals surface area contributed by atoms with Crippen molar-refractivity contribution in [3.05, 3.63) is 46.5 Å². The summed E-state index contributed by atoms with van der Waals surface area (Å²) >= 11 is 2.54. The Morgan fingerprint density at radius 3 is 2.73 bits per heavy atom. The minimum atomic E-state index is -4.65. The van der Waals surface area contributed by atoms with Gasteiger partial charge in [-0.2, -0.15) is 13.2 Å². The van der Waals surface area contributed by atoms with Gasteiger partial charge in [0.2, 0.25) is 5.95 Å². The molecule has 41 heavy (non-hydrogen) atoms. The van der Waals surface area contributed by atoms with E-state index in [0.717, 1.165) is 60.4 Å². The van der Waals surface area contributed by atoms with Crippen molar-refractivity contribution >= 4 is 46.3 Å². The molecule has 0 radical (unpaired) electrons. The normalized spacial score (nSPS) is 22.6. The second-order valence-corrected chi connectivity index (χ2v) is 13.0. The number of ether oxygens (including phenoxy) is 1. The molecular formula is C28H29F3N6O2S2. The summed E-state index contributed by atoms with van der Waals surface area (Å²) in [4.78, 5) is 27.4. The van der Waals surface area contributed by atoms with Gasteiger partial charge in [0.05, 0.1) is 29.8 Å². The number of nitrogens with one attached hydrogen (secondary N) is 2. The number of thioether (sulfide) groups is 1. The number of carbonyl (C=O) groups excluding carboxylic acids is 1. The maximum Gasteiger partial charge on any atom is 0.420 e. The van der Waals surface area contributed by atoms with Gasteiger partial charge in [-0.25, -0.2) is 9.97 Å². The van der Waals surface area contributed by atoms with E-state index in [2.05, 4.69) is 31.6 Å². The molecule has 7 rings (SSSR count). The number of thiophene rings is 1. The minimum absolute atomic E-state index is 0.0108. The van der Waals surface area contributed by atoms with Crippen LogP contribution < -0.4 is 15.5 Å². The summed E-state index contributed by atoms with van der Waals surface area (Å²) in [7, 11) is 0. The van der Waals surface area contributed by atoms with Crippen LogP contribution in [-0.4, -0.2) is 77.5 Å². The molecule has 0 spiro atoms. The smallest absolute Gasteiger partial charge is 0.377 e. The number of aryl methyl sites for hydroxylation is 1. The molecular weight excluding hydrogens is 573 g/mol. The third-order valence-electron chi connectivity index (χ3n) is 8.24. The number of halogens is 3. The molecule has 8 nitrogen and oxygen atoms in total. The number of fused-ring (bicyclic) bond motifs is 3. The monoisotopic (exact) mass is 602 g/mol. The molecule has 1 amide bonds. The van der Waals surface area contributed by atoms with Crippen molar-refractivity contribution in [3.63, 3.8) is 0 Å². The van der Waals surface area contributed by atoms with E-state index >= 15 is 0 Å². The Bertz CT molecular complexity index is 1490. The molecule has 0 unspecified atom stereocenters. The van der Waals surface area contributed by atoms with E-state index < -0.39 is 11.7 Å². The maximum absolute atomic E-state index is 14.1. The standard InChI is InChI=1S/C28H29F3N6O2S2/c1-2-15-7-17(37-12-16-8-18(37)10-32-16)3-4-21(15)34-27-33-11-20(28(29,30)31)24(35-27)22-9-23-25(41-22)26(38)36(5-6-40-23)19-13-39-14-19/h3-4,7,9,11,16,18-19,32H,2,5-6,8,10,12-14H2,1H3,(H,33,34,35)/t16-,18-/m0/s1. The lowest BCUT2D eigenvalue weighted by Gasteiger charge is -2.36. The highest BCUT2D eigenvalue weighted by Gasteiger charge is 2.39. The fourth-order valence-electron chi connectivity index (χ4n) is 5.99. The summed E-state index contributed by atoms with van der Waals surface area (Å²) < 4.78 is 47.6. The first-order valence-electron chi connectivity index (χ1n) is 13.8. The lowest BCUT2D eigenvalue weighted by Crippen LogP contribution is -2.52. The summed E-state index contributed by atoms with van der Waals surface area (Å²) in [5, 5.41) is 6.69. The molecule has 2 N–H and O–H groups in total. The first kappa shape index (κ1) is 27.0. The quantitative estimate of drug-likeness (QED) is 0.407. The van der Waals surface area contributed by atoms with E-state index in [1.807, 2.05) is 19.1 Å². The zero-order valence-corrected chi connectivity index (χ0v) is 24.0. The zero-order chi connectivity index (χ0) is 28.3. The van der Waals surface area contributed by atoms with Gasteiger partial charge < -0.3 is 25.2 Å². The summed E-state index contributed by atoms with van der Waals surface area (Å²) in [6, 6.07) is 8.84. The number of anilines is 3. The van der Waals surface area contributed by atoms with Gasteiger partial charge in [-0.15, -0.1) is 23.1 Å². The van der Waals surface area contributed by atoms with Gasteiger partial charge in [-0.05, 0) is 42.7 Å². The van der Waals surface area contributed by atoms with E-state index in [-0.39, 0.29) is 23.6 Å². The summed E-state index contributed by atoms with van der Waals surface area (Å²) in [6.45, 7) is 5.56. The summed E-state index contributed by atoms with van der Waals surface area (Å²) in [5.41, 5.74) is 1.80. The zero-order valence-electron chi connectivity index (χ0n) is 22.3. The Hall–Kier alpha value is -2.87. The highest BCUT2D eigenvalue weighted by molar-refractivity contribution is 7.99. The Morgan fingerprint density at radius 2 is 2.05 bits per heavy atom. The molecule has 4 aliphatic heterocycles. The molecule has 3 aromatic rings. The number of aromatic nitrogens is 2. The van der Waals surface area contributed by atoms with Crippen molar-refractivity contribution in [3.8, 4) is 10.6 Å². The molecule has 3 saturated heterocycles. The van der Waals surface area contributed by atoms with Crippen LogP contribution in [0.25, 0.3) is 10.6 Å². The number of alkyl halides is 3. The molecule has 216 valence electrons. The number of amides is 1. The van der Waals surface area contributed by atoms with Gasteiger partial charge in [0, 0.05) is 59.9 Å². The number of nitrogens with zero attached hydrogens (tertiary/aromatic N) is 4. The number of hydrogen-bond donors (Lipinski definition) is 2. The number of carbonyl (C=O) groups is 1. The molecule has 13 heteroatoms. The van der Waals surface area contributed by atoms with E-state index in [1.54, 1.807) is 11.0 Å². The molecule has 0 aliphatic carbocycles. The van der Waals surface area contributed by atoms with Crippen molar-refractivity contribution in [2.75, 3.05) is 48.8 Å². The van der Waals surface area contributed by atoms with Crippen molar-refractivity contribution in [1.82, 2.24) is 20.2 Å². The Balaban J connectivity index is 1.20. The van der Waals surface area contributed by atoms with Gasteiger partial charge in [0.25, 0.3) is 5.91 Å². The molecule has 6 heterocycles. The predicted octanol–water partition coefficient (Wildman–Crippen LogP) is 5.03. The third kappa shape index (κ3) is 4.96. The van der Waals surface area contributed by atoms with E-state index in [1.165, 1.54) is 11.8 Å². The molecule has 3 fully saturated rings. The summed E-state index contributed by atoms with van der Waals surface area (Å²) in [5.74, 6) is 0.583. The van der Waals surface area contributed by atoms with Gasteiger partial charge in [-0.3, -0.25) is 4.79 Å². The van der Waals surface area contributed by atoms with Crippen molar-refractivity contribution in [1.29, 1.82) is 0 Å². The van der Waals surface area contributed by atoms with Crippen LogP contribution in [-0.2, 0) is 17.3 Å². The van der Waals surface area contributed by atoms with Crippen LogP contribution in [0.5, 0.6) is 0 Å². The van der Waals surface area contributed by atoms with Gasteiger partial charge in [0.1, 0.15) is 10.4 Å². The first-order valence-corrected chi connectivity index (χ1v) is 15.6. The van der Waals surface area contributed by atoms with Gasteiger partial charge in [0.15, 0.2) is 0 Å². The molecule has 1 aromatic carbocycles. The molecule has 0 saturated carbocycles. The lowest BCUT2D eigenvalue weighted by atomic mass is 10.1. The maximum atomic E-state index is 14.1. The topological polar surface area (TPSA) is 82.6 Å². The minimum Gasteiger partial charge on any atom is -0.377 e. The Labute approximate surface area is 243 Å². The van der Waals surface area contributed by atoms with Crippen LogP contribution in [0.2, 0.25) is 0 Å². The average Bonchev–Trinajstić information content (AvgIpc) is 3.65. The van der Waals surface area contributed by atoms with Crippen LogP contribution in [0.1, 0.15) is 34.1 Å². The second-order valence-electron chi connectivity index (χ2n) is 10.8. The molecule has 2 aromatic heterocycles. The van der Waals surface area contributed by atoms with E-state index in [0.29, 0.717) is 52.2 Å². The lowest BCUT2D eigenvalue weighted by molar-refractivity contribution is -0.137. The van der Waals surface area contributed by atoms with Crippen LogP contribution in [0.3, 0.4) is 0 Å². The third-order valence-corrected chi connectivity index (χ3v) is 10.5. The van der Waals surface area contributed by atoms with Crippen molar-refractivity contribution in [2.45, 2.75) is 49.0 Å². The predicted molar refractivity (Wildman–Crippen MR) is 153 cm³/mol. The number of hydrogen-bond acceptors (Lipinski definition) is 9. The Kier molecular flexibility index (Phi) is 6.87. The largest absolute Gasteiger partial charge is 0.420 e. The van der Waals surface area contributed by atoms with E-state index in [4.69, 9.17) is 4.74 Å². The highest BCUT2D eigenvalue weighted by atomic mass is 32.2. The van der Waals surface area contributed by atoms with Crippen molar-refractivity contribution < 1.29 is 22.7 Å². The van der Waals surface area contributed by atoms with Crippen LogP contribution in [0, 0.1) is 0 Å². The SMILES string of the molecule is CCc1cc(N2C[C@@H]3C[C@H]2CN3)ccc1Nc1ncc(C(F)(F)F)c(-c2cc3c(s2)C(=O)N(C2COC2)CCS3)n1. The fraction of sp³-hybridized carbons (Fsp3) is 0.464. The van der Waals surface area contributed by atoms with Crippen LogP contribution in [0.4, 0.5) is 30.5 Å². The van der Waals surface area contributed by atoms with Gasteiger partial charge in [-0.1, -0.05) is 6.92 Å². The highest BCUT2D eigenvalue weighted by Crippen LogP contribution is 2.44.